The fraction of sp³-hybridized carbons (Fsp3) is 0.227. The molecule has 0 aliphatic rings. The van der Waals surface area contributed by atoms with Crippen LogP contribution in [-0.2, 0) is 9.53 Å². The van der Waals surface area contributed by atoms with Gasteiger partial charge in [0.25, 0.3) is 5.91 Å². The SMILES string of the molecule is COCCOc1c(-c2ncccc2OC)cc(C(=O)Nc2nnc(-n3nccc3NC(C)=O)s2)oc1=O. The Bertz CT molecular complexity index is 1480. The normalized spacial score (nSPS) is 10.7. The molecule has 15 heteroatoms. The van der Waals surface area contributed by atoms with Gasteiger partial charge in [-0.25, -0.2) is 4.79 Å². The maximum Gasteiger partial charge on any atom is 0.379 e. The molecule has 0 atom stereocenters. The molecule has 0 bridgehead atoms. The highest BCUT2D eigenvalue weighted by molar-refractivity contribution is 7.17. The van der Waals surface area contributed by atoms with Crippen LogP contribution in [0.15, 0.2) is 45.9 Å². The molecule has 0 unspecified atom stereocenters. The number of methoxy groups -OCH3 is 2. The van der Waals surface area contributed by atoms with Gasteiger partial charge in [-0.15, -0.1) is 10.2 Å². The molecule has 4 aromatic heterocycles. The second-order valence-corrected chi connectivity index (χ2v) is 8.15. The van der Waals surface area contributed by atoms with Crippen LogP contribution in [0.1, 0.15) is 17.5 Å². The smallest absolute Gasteiger partial charge is 0.379 e. The predicted octanol–water partition coefficient (Wildman–Crippen LogP) is 1.98. The summed E-state index contributed by atoms with van der Waals surface area (Å²) in [7, 11) is 2.95. The Kier molecular flexibility index (Phi) is 7.85. The minimum atomic E-state index is -0.888. The van der Waals surface area contributed by atoms with E-state index in [4.69, 9.17) is 18.6 Å². The van der Waals surface area contributed by atoms with Crippen molar-refractivity contribution < 1.29 is 28.2 Å². The summed E-state index contributed by atoms with van der Waals surface area (Å²) >= 11 is 0.987. The van der Waals surface area contributed by atoms with Crippen molar-refractivity contribution in [2.75, 3.05) is 38.1 Å². The van der Waals surface area contributed by atoms with E-state index in [2.05, 4.69) is 30.9 Å². The highest BCUT2D eigenvalue weighted by atomic mass is 32.1. The third-order valence-electron chi connectivity index (χ3n) is 4.67. The van der Waals surface area contributed by atoms with Crippen molar-refractivity contribution >= 4 is 34.1 Å². The van der Waals surface area contributed by atoms with E-state index in [1.54, 1.807) is 18.2 Å². The zero-order valence-electron chi connectivity index (χ0n) is 19.9. The minimum absolute atomic E-state index is 0.0659. The van der Waals surface area contributed by atoms with Gasteiger partial charge in [-0.2, -0.15) is 9.78 Å². The van der Waals surface area contributed by atoms with Crippen molar-refractivity contribution in [1.82, 2.24) is 25.0 Å². The van der Waals surface area contributed by atoms with Crippen LogP contribution < -0.4 is 25.7 Å². The molecule has 0 fully saturated rings. The molecule has 192 valence electrons. The first-order valence-corrected chi connectivity index (χ1v) is 11.5. The van der Waals surface area contributed by atoms with Crippen molar-refractivity contribution in [3.8, 4) is 27.9 Å². The predicted molar refractivity (Wildman–Crippen MR) is 131 cm³/mol. The van der Waals surface area contributed by atoms with Crippen molar-refractivity contribution in [3.63, 3.8) is 0 Å². The third-order valence-corrected chi connectivity index (χ3v) is 5.49. The fourth-order valence-electron chi connectivity index (χ4n) is 3.13. The number of rotatable bonds is 10. The zero-order chi connectivity index (χ0) is 26.4. The van der Waals surface area contributed by atoms with Gasteiger partial charge in [-0.05, 0) is 12.1 Å². The Balaban J connectivity index is 1.64. The van der Waals surface area contributed by atoms with E-state index >= 15 is 0 Å². The topological polar surface area (TPSA) is 173 Å². The zero-order valence-corrected chi connectivity index (χ0v) is 20.7. The number of ether oxygens (including phenoxy) is 3. The lowest BCUT2D eigenvalue weighted by Gasteiger charge is -2.13. The highest BCUT2D eigenvalue weighted by Crippen LogP contribution is 2.33. The van der Waals surface area contributed by atoms with Gasteiger partial charge in [0, 0.05) is 32.4 Å². The lowest BCUT2D eigenvalue weighted by Crippen LogP contribution is -2.18. The van der Waals surface area contributed by atoms with E-state index in [1.165, 1.54) is 44.3 Å². The summed E-state index contributed by atoms with van der Waals surface area (Å²) in [6.07, 6.45) is 2.99. The first-order valence-electron chi connectivity index (χ1n) is 10.7. The quantitative estimate of drug-likeness (QED) is 0.289. The van der Waals surface area contributed by atoms with Crippen LogP contribution in [0, 0.1) is 0 Å². The average Bonchev–Trinajstić information content (AvgIpc) is 3.53. The molecule has 2 amide bonds. The van der Waals surface area contributed by atoms with Crippen molar-refractivity contribution in [3.05, 3.63) is 52.8 Å². The van der Waals surface area contributed by atoms with Crippen LogP contribution in [0.4, 0.5) is 10.9 Å². The molecule has 0 radical (unpaired) electrons. The maximum absolute atomic E-state index is 13.0. The third kappa shape index (κ3) is 5.79. The Hall–Kier alpha value is -4.63. The van der Waals surface area contributed by atoms with Gasteiger partial charge in [0.2, 0.25) is 21.9 Å². The largest absolute Gasteiger partial charge is 0.494 e. The number of nitrogens with zero attached hydrogens (tertiary/aromatic N) is 5. The second kappa shape index (κ2) is 11.4. The Morgan fingerprint density at radius 1 is 1.14 bits per heavy atom. The van der Waals surface area contributed by atoms with Gasteiger partial charge < -0.3 is 23.9 Å². The maximum atomic E-state index is 13.0. The van der Waals surface area contributed by atoms with Crippen LogP contribution in [0.5, 0.6) is 11.5 Å². The van der Waals surface area contributed by atoms with Crippen LogP contribution >= 0.6 is 11.3 Å². The number of nitrogens with one attached hydrogen (secondary N) is 2. The van der Waals surface area contributed by atoms with Crippen molar-refractivity contribution in [1.29, 1.82) is 0 Å². The van der Waals surface area contributed by atoms with Gasteiger partial charge in [0.05, 0.1) is 25.5 Å². The molecule has 37 heavy (non-hydrogen) atoms. The molecule has 0 saturated carbocycles. The lowest BCUT2D eigenvalue weighted by molar-refractivity contribution is -0.114. The van der Waals surface area contributed by atoms with E-state index in [-0.39, 0.29) is 52.2 Å². The standard InChI is InChI=1S/C22H21N7O7S/c1-12(30)25-16-6-8-24-29(16)22-28-27-21(37-22)26-19(31)15-11-13(17-14(34-3)5-4-7-23-17)18(20(32)36-15)35-10-9-33-2/h4-8,11H,9-10H2,1-3H3,(H,25,30)(H,26,27,31). The molecule has 14 nitrogen and oxygen atoms in total. The number of aromatic nitrogens is 5. The molecule has 4 aromatic rings. The minimum Gasteiger partial charge on any atom is -0.494 e. The molecule has 0 aliphatic carbocycles. The van der Waals surface area contributed by atoms with E-state index in [9.17, 15) is 14.4 Å². The van der Waals surface area contributed by atoms with E-state index in [0.717, 1.165) is 11.3 Å². The molecular weight excluding hydrogens is 506 g/mol. The molecule has 0 aliphatic heterocycles. The van der Waals surface area contributed by atoms with E-state index in [1.807, 2.05) is 0 Å². The summed E-state index contributed by atoms with van der Waals surface area (Å²) in [6, 6.07) is 6.23. The van der Waals surface area contributed by atoms with Crippen LogP contribution in [0.2, 0.25) is 0 Å². The average molecular weight is 528 g/mol. The fourth-order valence-corrected chi connectivity index (χ4v) is 3.84. The first kappa shape index (κ1) is 25.5. The van der Waals surface area contributed by atoms with Crippen LogP contribution in [0.25, 0.3) is 16.4 Å². The van der Waals surface area contributed by atoms with Gasteiger partial charge in [0.1, 0.15) is 23.9 Å². The summed E-state index contributed by atoms with van der Waals surface area (Å²) in [5, 5.41) is 17.6. The van der Waals surface area contributed by atoms with Crippen LogP contribution in [0.3, 0.4) is 0 Å². The van der Waals surface area contributed by atoms with E-state index in [0.29, 0.717) is 11.6 Å². The van der Waals surface area contributed by atoms with Gasteiger partial charge >= 0.3 is 5.63 Å². The van der Waals surface area contributed by atoms with Gasteiger partial charge in [-0.1, -0.05) is 11.3 Å². The van der Waals surface area contributed by atoms with Crippen molar-refractivity contribution in [2.24, 2.45) is 0 Å². The second-order valence-electron chi connectivity index (χ2n) is 7.19. The molecule has 0 aromatic carbocycles. The number of anilines is 2. The number of hydrogen-bond donors (Lipinski definition) is 2. The molecule has 2 N–H and O–H groups in total. The summed E-state index contributed by atoms with van der Waals surface area (Å²) in [5.41, 5.74) is -0.410. The number of carbonyl (C=O) groups is 2. The number of carbonyl (C=O) groups excluding carboxylic acids is 2. The van der Waals surface area contributed by atoms with Crippen LogP contribution in [-0.4, -0.2) is 64.2 Å². The highest BCUT2D eigenvalue weighted by Gasteiger charge is 2.23. The summed E-state index contributed by atoms with van der Waals surface area (Å²) < 4.78 is 22.5. The molecule has 0 saturated heterocycles. The Morgan fingerprint density at radius 3 is 2.73 bits per heavy atom. The molecule has 4 heterocycles. The summed E-state index contributed by atoms with van der Waals surface area (Å²) in [4.78, 5) is 41.5. The number of pyridine rings is 1. The molecular formula is C22H21N7O7S. The van der Waals surface area contributed by atoms with Crippen molar-refractivity contribution in [2.45, 2.75) is 6.92 Å². The van der Waals surface area contributed by atoms with E-state index < -0.39 is 11.5 Å². The van der Waals surface area contributed by atoms with Gasteiger partial charge in [0.15, 0.2) is 5.76 Å². The Labute approximate surface area is 213 Å². The Morgan fingerprint density at radius 2 is 1.97 bits per heavy atom. The number of amides is 2. The van der Waals surface area contributed by atoms with Gasteiger partial charge in [-0.3, -0.25) is 19.9 Å². The summed E-state index contributed by atoms with van der Waals surface area (Å²) in [5.74, 6) is -0.772. The first-order chi connectivity index (χ1) is 17.9. The lowest BCUT2D eigenvalue weighted by atomic mass is 10.1. The summed E-state index contributed by atoms with van der Waals surface area (Å²) in [6.45, 7) is 1.65. The number of hydrogen-bond acceptors (Lipinski definition) is 12. The molecule has 4 rings (SSSR count). The monoisotopic (exact) mass is 527 g/mol. The molecule has 0 spiro atoms.